The quantitative estimate of drug-likeness (QED) is 0.505. The number of halogens is 3. The van der Waals surface area contributed by atoms with Crippen molar-refractivity contribution in [3.63, 3.8) is 0 Å². The van der Waals surface area contributed by atoms with Gasteiger partial charge in [0.15, 0.2) is 5.69 Å². The number of likely N-dealkylation sites (tertiary alicyclic amines) is 1. The zero-order chi connectivity index (χ0) is 24.9. The number of aromatic amines is 1. The van der Waals surface area contributed by atoms with Crippen LogP contribution in [-0.2, 0) is 11.3 Å². The number of rotatable bonds is 7. The summed E-state index contributed by atoms with van der Waals surface area (Å²) in [6.07, 6.45) is 0.902. The lowest BCUT2D eigenvalue weighted by atomic mass is 9.95. The number of hydrogen-bond donors (Lipinski definition) is 2. The van der Waals surface area contributed by atoms with E-state index in [4.69, 9.17) is 16.3 Å². The number of piperidine rings is 1. The van der Waals surface area contributed by atoms with Gasteiger partial charge < -0.3 is 15.0 Å². The minimum atomic E-state index is -2.70. The van der Waals surface area contributed by atoms with Gasteiger partial charge in [0.1, 0.15) is 11.5 Å². The van der Waals surface area contributed by atoms with Crippen molar-refractivity contribution >= 4 is 23.4 Å². The van der Waals surface area contributed by atoms with Gasteiger partial charge in [0.25, 0.3) is 12.3 Å². The molecule has 2 amide bonds. The normalized spacial score (nSPS) is 14.3. The van der Waals surface area contributed by atoms with Crippen LogP contribution in [0.3, 0.4) is 0 Å². The third kappa shape index (κ3) is 5.70. The summed E-state index contributed by atoms with van der Waals surface area (Å²) in [4.78, 5) is 38.7. The largest absolute Gasteiger partial charge is 0.481 e. The molecule has 35 heavy (non-hydrogen) atoms. The standard InChI is InChI=1S/C22H22ClF2N7O3/c1-35-19-8-13(14(23)10-27-19)16-9-17(31-30-16)22(34)32-6-3-12(4-7-32)21(33)28-11-18-26-5-2-15(29-18)20(24)25/h2,5,8-10,12,20H,3-4,6-7,11H2,1H3,(H,28,33)(H,30,31). The number of hydrogen-bond acceptors (Lipinski definition) is 7. The van der Waals surface area contributed by atoms with Gasteiger partial charge in [0.2, 0.25) is 11.8 Å². The van der Waals surface area contributed by atoms with E-state index in [1.807, 2.05) is 0 Å². The van der Waals surface area contributed by atoms with Crippen molar-refractivity contribution in [3.05, 3.63) is 52.8 Å². The fraction of sp³-hybridized carbons (Fsp3) is 0.364. The summed E-state index contributed by atoms with van der Waals surface area (Å²) in [6.45, 7) is 0.706. The lowest BCUT2D eigenvalue weighted by Gasteiger charge is -2.30. The summed E-state index contributed by atoms with van der Waals surface area (Å²) in [5, 5.41) is 10.0. The smallest absolute Gasteiger partial charge is 0.280 e. The number of carbonyl (C=O) groups excluding carboxylic acids is 2. The first-order chi connectivity index (χ1) is 16.9. The average Bonchev–Trinajstić information content (AvgIpc) is 3.37. The predicted molar refractivity (Wildman–Crippen MR) is 121 cm³/mol. The molecule has 1 fully saturated rings. The molecule has 184 valence electrons. The summed E-state index contributed by atoms with van der Waals surface area (Å²) in [5.41, 5.74) is 0.990. The summed E-state index contributed by atoms with van der Waals surface area (Å²) < 4.78 is 30.7. The second-order valence-electron chi connectivity index (χ2n) is 7.86. The second kappa shape index (κ2) is 10.7. The maximum atomic E-state index is 12.9. The van der Waals surface area contributed by atoms with Gasteiger partial charge >= 0.3 is 0 Å². The van der Waals surface area contributed by atoms with Gasteiger partial charge in [-0.15, -0.1) is 0 Å². The van der Waals surface area contributed by atoms with E-state index in [9.17, 15) is 18.4 Å². The number of nitrogens with zero attached hydrogens (tertiary/aromatic N) is 5. The first-order valence-electron chi connectivity index (χ1n) is 10.8. The lowest BCUT2D eigenvalue weighted by Crippen LogP contribution is -2.43. The van der Waals surface area contributed by atoms with Crippen molar-refractivity contribution in [1.29, 1.82) is 0 Å². The highest BCUT2D eigenvalue weighted by Gasteiger charge is 2.29. The number of alkyl halides is 2. The van der Waals surface area contributed by atoms with E-state index in [-0.39, 0.29) is 41.5 Å². The number of H-pyrrole nitrogens is 1. The first-order valence-corrected chi connectivity index (χ1v) is 11.2. The zero-order valence-electron chi connectivity index (χ0n) is 18.7. The molecule has 4 rings (SSSR count). The van der Waals surface area contributed by atoms with Gasteiger partial charge in [-0.2, -0.15) is 5.10 Å². The molecule has 4 heterocycles. The van der Waals surface area contributed by atoms with E-state index < -0.39 is 6.43 Å². The Morgan fingerprint density at radius 2 is 2.06 bits per heavy atom. The Morgan fingerprint density at radius 1 is 1.29 bits per heavy atom. The van der Waals surface area contributed by atoms with Crippen LogP contribution < -0.4 is 10.1 Å². The number of aromatic nitrogens is 5. The number of amides is 2. The van der Waals surface area contributed by atoms with E-state index in [1.165, 1.54) is 19.5 Å². The van der Waals surface area contributed by atoms with Crippen LogP contribution in [0.4, 0.5) is 8.78 Å². The van der Waals surface area contributed by atoms with Crippen LogP contribution in [0.25, 0.3) is 11.3 Å². The summed E-state index contributed by atoms with van der Waals surface area (Å²) >= 11 is 6.22. The minimum absolute atomic E-state index is 0.0447. The third-order valence-electron chi connectivity index (χ3n) is 5.65. The molecule has 0 atom stereocenters. The Bertz CT molecular complexity index is 1220. The van der Waals surface area contributed by atoms with Gasteiger partial charge in [0, 0.05) is 36.8 Å². The van der Waals surface area contributed by atoms with E-state index in [0.29, 0.717) is 48.1 Å². The molecule has 10 nitrogen and oxygen atoms in total. The molecule has 13 heteroatoms. The van der Waals surface area contributed by atoms with Crippen molar-refractivity contribution in [1.82, 2.24) is 35.4 Å². The van der Waals surface area contributed by atoms with E-state index in [1.54, 1.807) is 17.0 Å². The molecular weight excluding hydrogens is 484 g/mol. The molecule has 0 spiro atoms. The van der Waals surface area contributed by atoms with Gasteiger partial charge in [0.05, 0.1) is 30.6 Å². The van der Waals surface area contributed by atoms with Gasteiger partial charge in [-0.3, -0.25) is 14.7 Å². The van der Waals surface area contributed by atoms with Crippen molar-refractivity contribution in [2.45, 2.75) is 25.8 Å². The fourth-order valence-corrected chi connectivity index (χ4v) is 3.95. The molecule has 3 aromatic heterocycles. The third-order valence-corrected chi connectivity index (χ3v) is 5.95. The Balaban J connectivity index is 1.31. The molecule has 3 aromatic rings. The topological polar surface area (TPSA) is 126 Å². The van der Waals surface area contributed by atoms with E-state index in [0.717, 1.165) is 6.07 Å². The molecule has 0 aliphatic carbocycles. The lowest BCUT2D eigenvalue weighted by molar-refractivity contribution is -0.126. The summed E-state index contributed by atoms with van der Waals surface area (Å²) in [7, 11) is 1.49. The fourth-order valence-electron chi connectivity index (χ4n) is 3.75. The molecule has 1 saturated heterocycles. The maximum absolute atomic E-state index is 12.9. The number of carbonyl (C=O) groups is 2. The van der Waals surface area contributed by atoms with Crippen LogP contribution in [0.5, 0.6) is 5.88 Å². The minimum Gasteiger partial charge on any atom is -0.481 e. The molecule has 1 aliphatic heterocycles. The highest BCUT2D eigenvalue weighted by atomic mass is 35.5. The van der Waals surface area contributed by atoms with E-state index in [2.05, 4.69) is 30.5 Å². The van der Waals surface area contributed by atoms with Crippen LogP contribution in [0.2, 0.25) is 5.02 Å². The molecule has 0 aromatic carbocycles. The molecule has 0 radical (unpaired) electrons. The monoisotopic (exact) mass is 505 g/mol. The van der Waals surface area contributed by atoms with Crippen molar-refractivity contribution in [2.75, 3.05) is 20.2 Å². The highest BCUT2D eigenvalue weighted by molar-refractivity contribution is 6.33. The highest BCUT2D eigenvalue weighted by Crippen LogP contribution is 2.29. The maximum Gasteiger partial charge on any atom is 0.280 e. The van der Waals surface area contributed by atoms with Gasteiger partial charge in [-0.25, -0.2) is 23.7 Å². The van der Waals surface area contributed by atoms with E-state index >= 15 is 0 Å². The van der Waals surface area contributed by atoms with Crippen LogP contribution in [0.15, 0.2) is 30.6 Å². The van der Waals surface area contributed by atoms with Crippen molar-refractivity contribution in [3.8, 4) is 17.1 Å². The Morgan fingerprint density at radius 3 is 2.77 bits per heavy atom. The molecule has 1 aliphatic rings. The average molecular weight is 506 g/mol. The number of nitrogens with one attached hydrogen (secondary N) is 2. The number of methoxy groups -OCH3 is 1. The number of pyridine rings is 1. The van der Waals surface area contributed by atoms with Crippen LogP contribution in [0, 0.1) is 5.92 Å². The molecule has 2 N–H and O–H groups in total. The second-order valence-corrected chi connectivity index (χ2v) is 8.26. The van der Waals surface area contributed by atoms with Gasteiger partial charge in [-0.1, -0.05) is 11.6 Å². The van der Waals surface area contributed by atoms with Crippen LogP contribution in [-0.4, -0.2) is 62.1 Å². The van der Waals surface area contributed by atoms with Crippen molar-refractivity contribution in [2.24, 2.45) is 5.92 Å². The Labute approximate surface area is 204 Å². The van der Waals surface area contributed by atoms with Gasteiger partial charge in [-0.05, 0) is 25.0 Å². The molecule has 0 bridgehead atoms. The summed E-state index contributed by atoms with van der Waals surface area (Å²) in [5.74, 6) is -0.312. The Kier molecular flexibility index (Phi) is 7.49. The first kappa shape index (κ1) is 24.5. The molecular formula is C22H22ClF2N7O3. The van der Waals surface area contributed by atoms with Crippen molar-refractivity contribution < 1.29 is 23.1 Å². The molecule has 0 saturated carbocycles. The zero-order valence-corrected chi connectivity index (χ0v) is 19.4. The Hall–Kier alpha value is -3.67. The van der Waals surface area contributed by atoms with Crippen LogP contribution in [0.1, 0.15) is 41.3 Å². The molecule has 0 unspecified atom stereocenters. The summed E-state index contributed by atoms with van der Waals surface area (Å²) in [6, 6.07) is 4.38. The van der Waals surface area contributed by atoms with Crippen LogP contribution >= 0.6 is 11.6 Å². The number of ether oxygens (including phenoxy) is 1. The predicted octanol–water partition coefficient (Wildman–Crippen LogP) is 3.03. The SMILES string of the molecule is COc1cc(-c2cc(C(=O)N3CCC(C(=O)NCc4nccc(C(F)F)n4)CC3)n[nH]2)c(Cl)cn1.